The summed E-state index contributed by atoms with van der Waals surface area (Å²) in [5.41, 5.74) is 7.52. The molecule has 1 aromatic heterocycles. The Kier molecular flexibility index (Phi) is 4.98. The van der Waals surface area contributed by atoms with Gasteiger partial charge in [-0.1, -0.05) is 29.8 Å². The van der Waals surface area contributed by atoms with E-state index in [1.54, 1.807) is 24.0 Å². The number of rotatable bonds is 5. The second kappa shape index (κ2) is 6.74. The van der Waals surface area contributed by atoms with Crippen LogP contribution in [0.1, 0.15) is 23.7 Å². The van der Waals surface area contributed by atoms with Gasteiger partial charge >= 0.3 is 0 Å². The molecule has 1 unspecified atom stereocenters. The average molecular weight is 307 g/mol. The van der Waals surface area contributed by atoms with E-state index in [0.717, 1.165) is 12.0 Å². The number of nitrogens with one attached hydrogen (secondary N) is 1. The molecule has 3 N–H and O–H groups in total. The van der Waals surface area contributed by atoms with Crippen molar-refractivity contribution in [3.8, 4) is 11.3 Å². The van der Waals surface area contributed by atoms with Gasteiger partial charge in [0.1, 0.15) is 5.69 Å². The summed E-state index contributed by atoms with van der Waals surface area (Å²) in [4.78, 5) is 12.3. The minimum Gasteiger partial charge on any atom is -0.352 e. The van der Waals surface area contributed by atoms with Gasteiger partial charge in [0, 0.05) is 31.4 Å². The van der Waals surface area contributed by atoms with Crippen LogP contribution in [0.15, 0.2) is 30.5 Å². The molecule has 0 fully saturated rings. The summed E-state index contributed by atoms with van der Waals surface area (Å²) in [6.07, 6.45) is 2.42. The van der Waals surface area contributed by atoms with Crippen LogP contribution >= 0.6 is 11.6 Å². The molecule has 0 aliphatic heterocycles. The normalized spacial score (nSPS) is 12.2. The molecule has 1 amide bonds. The number of aryl methyl sites for hydroxylation is 1. The van der Waals surface area contributed by atoms with Crippen LogP contribution in [-0.2, 0) is 7.05 Å². The van der Waals surface area contributed by atoms with E-state index in [1.165, 1.54) is 0 Å². The van der Waals surface area contributed by atoms with Crippen LogP contribution in [0.2, 0.25) is 5.02 Å². The summed E-state index contributed by atoms with van der Waals surface area (Å²) in [7, 11) is 1.78. The van der Waals surface area contributed by atoms with Crippen LogP contribution in [0.25, 0.3) is 11.3 Å². The van der Waals surface area contributed by atoms with Gasteiger partial charge in [0.2, 0.25) is 0 Å². The van der Waals surface area contributed by atoms with Crippen molar-refractivity contribution in [3.63, 3.8) is 0 Å². The third kappa shape index (κ3) is 3.83. The average Bonchev–Trinajstić information content (AvgIpc) is 2.80. The van der Waals surface area contributed by atoms with E-state index in [0.29, 0.717) is 22.8 Å². The minimum atomic E-state index is -0.168. The number of benzene rings is 1. The number of hydrogen-bond donors (Lipinski definition) is 2. The van der Waals surface area contributed by atoms with Crippen molar-refractivity contribution < 1.29 is 4.79 Å². The lowest BCUT2D eigenvalue weighted by Crippen LogP contribution is -2.29. The molecule has 112 valence electrons. The van der Waals surface area contributed by atoms with E-state index in [1.807, 2.05) is 25.1 Å². The summed E-state index contributed by atoms with van der Waals surface area (Å²) in [5, 5.41) is 7.78. The number of carbonyl (C=O) groups is 1. The maximum atomic E-state index is 12.3. The van der Waals surface area contributed by atoms with Gasteiger partial charge in [-0.25, -0.2) is 0 Å². The van der Waals surface area contributed by atoms with Gasteiger partial charge in [0.25, 0.3) is 5.91 Å². The summed E-state index contributed by atoms with van der Waals surface area (Å²) in [6, 6.07) is 7.40. The topological polar surface area (TPSA) is 72.9 Å². The Labute approximate surface area is 129 Å². The minimum absolute atomic E-state index is 0.0576. The maximum absolute atomic E-state index is 12.3. The fourth-order valence-corrected chi connectivity index (χ4v) is 2.24. The van der Waals surface area contributed by atoms with E-state index in [9.17, 15) is 4.79 Å². The highest BCUT2D eigenvalue weighted by Gasteiger charge is 2.18. The number of halogens is 1. The van der Waals surface area contributed by atoms with Gasteiger partial charge in [-0.2, -0.15) is 5.10 Å². The summed E-state index contributed by atoms with van der Waals surface area (Å²) >= 11 is 6.19. The maximum Gasteiger partial charge on any atom is 0.255 e. The third-order valence-electron chi connectivity index (χ3n) is 3.09. The van der Waals surface area contributed by atoms with Crippen molar-refractivity contribution in [1.82, 2.24) is 15.1 Å². The van der Waals surface area contributed by atoms with Crippen LogP contribution in [0.4, 0.5) is 0 Å². The van der Waals surface area contributed by atoms with Crippen LogP contribution in [0.3, 0.4) is 0 Å². The number of amides is 1. The van der Waals surface area contributed by atoms with Crippen molar-refractivity contribution in [1.29, 1.82) is 0 Å². The summed E-state index contributed by atoms with van der Waals surface area (Å²) in [6.45, 7) is 2.44. The molecule has 1 aromatic carbocycles. The van der Waals surface area contributed by atoms with Gasteiger partial charge in [-0.15, -0.1) is 0 Å². The van der Waals surface area contributed by atoms with Crippen molar-refractivity contribution in [2.75, 3.05) is 6.54 Å². The fraction of sp³-hybridized carbons (Fsp3) is 0.333. The van der Waals surface area contributed by atoms with Gasteiger partial charge in [-0.3, -0.25) is 9.48 Å². The lowest BCUT2D eigenvalue weighted by Gasteiger charge is -2.08. The molecule has 0 radical (unpaired) electrons. The van der Waals surface area contributed by atoms with Crippen LogP contribution in [-0.4, -0.2) is 28.3 Å². The molecule has 0 saturated heterocycles. The SMILES string of the molecule is CC(N)CCNC(=O)c1cn(C)nc1-c1ccccc1Cl. The Balaban J connectivity index is 2.25. The Bertz CT molecular complexity index is 636. The van der Waals surface area contributed by atoms with Gasteiger partial charge < -0.3 is 11.1 Å². The van der Waals surface area contributed by atoms with E-state index in [4.69, 9.17) is 17.3 Å². The lowest BCUT2D eigenvalue weighted by molar-refractivity contribution is 0.0953. The Hall–Kier alpha value is -1.85. The van der Waals surface area contributed by atoms with E-state index in [2.05, 4.69) is 10.4 Å². The second-order valence-corrected chi connectivity index (χ2v) is 5.47. The van der Waals surface area contributed by atoms with Crippen molar-refractivity contribution in [2.24, 2.45) is 12.8 Å². The molecular formula is C15H19ClN4O. The first-order chi connectivity index (χ1) is 9.99. The second-order valence-electron chi connectivity index (χ2n) is 5.07. The molecule has 0 spiro atoms. The van der Waals surface area contributed by atoms with Crippen molar-refractivity contribution in [2.45, 2.75) is 19.4 Å². The van der Waals surface area contributed by atoms with E-state index in [-0.39, 0.29) is 11.9 Å². The van der Waals surface area contributed by atoms with E-state index >= 15 is 0 Å². The monoisotopic (exact) mass is 306 g/mol. The Morgan fingerprint density at radius 3 is 2.86 bits per heavy atom. The molecule has 0 aliphatic rings. The molecule has 2 rings (SSSR count). The van der Waals surface area contributed by atoms with Crippen LogP contribution in [0, 0.1) is 0 Å². The zero-order valence-electron chi connectivity index (χ0n) is 12.1. The molecule has 0 aliphatic carbocycles. The largest absolute Gasteiger partial charge is 0.352 e. The highest BCUT2D eigenvalue weighted by Crippen LogP contribution is 2.28. The van der Waals surface area contributed by atoms with Gasteiger partial charge in [0.15, 0.2) is 0 Å². The molecule has 0 bridgehead atoms. The van der Waals surface area contributed by atoms with Gasteiger partial charge in [0.05, 0.1) is 10.6 Å². The smallest absolute Gasteiger partial charge is 0.255 e. The van der Waals surface area contributed by atoms with Crippen LogP contribution in [0.5, 0.6) is 0 Å². The molecule has 0 saturated carbocycles. The van der Waals surface area contributed by atoms with Crippen molar-refractivity contribution in [3.05, 3.63) is 41.0 Å². The lowest BCUT2D eigenvalue weighted by atomic mass is 10.1. The first-order valence-corrected chi connectivity index (χ1v) is 7.19. The van der Waals surface area contributed by atoms with Gasteiger partial charge in [-0.05, 0) is 19.4 Å². The zero-order valence-corrected chi connectivity index (χ0v) is 12.9. The Morgan fingerprint density at radius 1 is 1.48 bits per heavy atom. The molecule has 5 nitrogen and oxygen atoms in total. The van der Waals surface area contributed by atoms with Crippen molar-refractivity contribution >= 4 is 17.5 Å². The molecule has 21 heavy (non-hydrogen) atoms. The number of nitrogens with two attached hydrogens (primary N) is 1. The fourth-order valence-electron chi connectivity index (χ4n) is 2.02. The summed E-state index contributed by atoms with van der Waals surface area (Å²) in [5.74, 6) is -0.168. The molecule has 2 aromatic rings. The molecule has 6 heteroatoms. The van der Waals surface area contributed by atoms with Crippen LogP contribution < -0.4 is 11.1 Å². The summed E-state index contributed by atoms with van der Waals surface area (Å²) < 4.78 is 1.61. The molecule has 1 heterocycles. The molecule has 1 atom stereocenters. The number of carbonyl (C=O) groups excluding carboxylic acids is 1. The highest BCUT2D eigenvalue weighted by molar-refractivity contribution is 6.33. The number of aromatic nitrogens is 2. The first kappa shape index (κ1) is 15.5. The number of nitrogens with zero attached hydrogens (tertiary/aromatic N) is 2. The first-order valence-electron chi connectivity index (χ1n) is 6.81. The predicted molar refractivity (Wildman–Crippen MR) is 84.3 cm³/mol. The molecular weight excluding hydrogens is 288 g/mol. The third-order valence-corrected chi connectivity index (χ3v) is 3.42. The van der Waals surface area contributed by atoms with E-state index < -0.39 is 0 Å². The highest BCUT2D eigenvalue weighted by atomic mass is 35.5. The Morgan fingerprint density at radius 2 is 2.19 bits per heavy atom. The number of hydrogen-bond acceptors (Lipinski definition) is 3. The predicted octanol–water partition coefficient (Wildman–Crippen LogP) is 2.21. The quantitative estimate of drug-likeness (QED) is 0.889. The zero-order chi connectivity index (χ0) is 15.4. The standard InChI is InChI=1S/C15H19ClN4O/c1-10(17)7-8-18-15(21)12-9-20(2)19-14(12)11-5-3-4-6-13(11)16/h3-6,9-10H,7-8,17H2,1-2H3,(H,18,21).